The third-order valence-electron chi connectivity index (χ3n) is 2.87. The molecule has 3 aromatic rings. The second kappa shape index (κ2) is 5.46. The number of pyridine rings is 1. The Morgan fingerprint density at radius 3 is 2.95 bits per heavy atom. The van der Waals surface area contributed by atoms with Gasteiger partial charge >= 0.3 is 0 Å². The van der Waals surface area contributed by atoms with Crippen LogP contribution in [0.25, 0.3) is 11.3 Å². The van der Waals surface area contributed by atoms with Crippen LogP contribution in [0.1, 0.15) is 10.4 Å². The monoisotopic (exact) mass is 281 g/mol. The highest BCUT2D eigenvalue weighted by atomic mass is 16.5. The third-order valence-corrected chi connectivity index (χ3v) is 2.87. The van der Waals surface area contributed by atoms with Gasteiger partial charge in [-0.1, -0.05) is 12.1 Å². The summed E-state index contributed by atoms with van der Waals surface area (Å²) in [6, 6.07) is 10.3. The molecule has 0 unspecified atom stereocenters. The number of anilines is 1. The van der Waals surface area contributed by atoms with Crippen molar-refractivity contribution in [1.29, 1.82) is 0 Å². The fourth-order valence-electron chi connectivity index (χ4n) is 1.90. The molecule has 1 N–H and O–H groups in total. The van der Waals surface area contributed by atoms with Gasteiger partial charge in [0, 0.05) is 17.3 Å². The minimum absolute atomic E-state index is 0.289. The lowest BCUT2D eigenvalue weighted by molar-refractivity contribution is -0.605. The third kappa shape index (κ3) is 2.89. The first kappa shape index (κ1) is 12.9. The second-order valence-corrected chi connectivity index (χ2v) is 4.35. The van der Waals surface area contributed by atoms with Crippen LogP contribution in [0.2, 0.25) is 0 Å². The Labute approximate surface area is 120 Å². The van der Waals surface area contributed by atoms with Crippen molar-refractivity contribution in [3.8, 4) is 11.3 Å². The predicted molar refractivity (Wildman–Crippen MR) is 75.3 cm³/mol. The molecule has 3 rings (SSSR count). The van der Waals surface area contributed by atoms with Crippen LogP contribution < -0.4 is 10.0 Å². The quantitative estimate of drug-likeness (QED) is 0.589. The van der Waals surface area contributed by atoms with Gasteiger partial charge in [-0.2, -0.15) is 4.73 Å². The summed E-state index contributed by atoms with van der Waals surface area (Å²) in [5.41, 5.74) is 1.70. The van der Waals surface area contributed by atoms with E-state index < -0.39 is 0 Å². The van der Waals surface area contributed by atoms with Gasteiger partial charge in [-0.3, -0.25) is 4.79 Å². The molecule has 21 heavy (non-hydrogen) atoms. The van der Waals surface area contributed by atoms with Gasteiger partial charge in [-0.25, -0.2) is 4.98 Å². The van der Waals surface area contributed by atoms with Crippen molar-refractivity contribution in [1.82, 2.24) is 4.98 Å². The van der Waals surface area contributed by atoms with E-state index in [1.54, 1.807) is 30.5 Å². The van der Waals surface area contributed by atoms with Gasteiger partial charge in [-0.15, -0.1) is 0 Å². The average Bonchev–Trinajstić information content (AvgIpc) is 3.02. The van der Waals surface area contributed by atoms with E-state index >= 15 is 0 Å². The van der Waals surface area contributed by atoms with Gasteiger partial charge < -0.3 is 14.9 Å². The minimum Gasteiger partial charge on any atom is -0.619 e. The number of benzene rings is 1. The number of nitrogens with zero attached hydrogens (tertiary/aromatic N) is 2. The molecule has 0 bridgehead atoms. The number of hydrogen-bond donors (Lipinski definition) is 1. The molecule has 0 fully saturated rings. The first-order valence-corrected chi connectivity index (χ1v) is 6.21. The number of aromatic nitrogens is 2. The number of rotatable bonds is 3. The van der Waals surface area contributed by atoms with E-state index in [4.69, 9.17) is 4.42 Å². The normalized spacial score (nSPS) is 10.3. The van der Waals surface area contributed by atoms with Crippen molar-refractivity contribution < 1.29 is 13.9 Å². The molecule has 0 aliphatic heterocycles. The molecule has 6 nitrogen and oxygen atoms in total. The molecule has 1 aromatic carbocycles. The highest BCUT2D eigenvalue weighted by Gasteiger charge is 2.10. The summed E-state index contributed by atoms with van der Waals surface area (Å²) < 4.78 is 5.79. The van der Waals surface area contributed by atoms with Gasteiger partial charge in [-0.05, 0) is 18.2 Å². The predicted octanol–water partition coefficient (Wildman–Crippen LogP) is 2.23. The Hall–Kier alpha value is -3.15. The number of carbonyl (C=O) groups excluding carboxylic acids is 1. The second-order valence-electron chi connectivity index (χ2n) is 4.35. The number of oxazole rings is 1. The fourth-order valence-corrected chi connectivity index (χ4v) is 1.90. The van der Waals surface area contributed by atoms with Crippen LogP contribution in [0.4, 0.5) is 5.69 Å². The molecule has 2 heterocycles. The van der Waals surface area contributed by atoms with Crippen molar-refractivity contribution in [2.45, 2.75) is 0 Å². The van der Waals surface area contributed by atoms with Crippen LogP contribution in [-0.2, 0) is 0 Å². The first-order chi connectivity index (χ1) is 10.2. The lowest BCUT2D eigenvalue weighted by Gasteiger charge is -2.06. The lowest BCUT2D eigenvalue weighted by Crippen LogP contribution is -2.27. The van der Waals surface area contributed by atoms with Crippen LogP contribution in [0.3, 0.4) is 0 Å². The minimum atomic E-state index is -0.352. The topological polar surface area (TPSA) is 82.1 Å². The van der Waals surface area contributed by atoms with E-state index in [9.17, 15) is 10.0 Å². The molecule has 0 saturated heterocycles. The molecule has 0 aliphatic carbocycles. The summed E-state index contributed by atoms with van der Waals surface area (Å²) in [5.74, 6) is 0.262. The summed E-state index contributed by atoms with van der Waals surface area (Å²) in [6.45, 7) is 0. The van der Waals surface area contributed by atoms with Crippen LogP contribution in [0.5, 0.6) is 0 Å². The van der Waals surface area contributed by atoms with E-state index in [1.165, 1.54) is 24.9 Å². The van der Waals surface area contributed by atoms with Crippen LogP contribution in [0.15, 0.2) is 65.8 Å². The standard InChI is InChI=1S/C15H11N3O3/c19-15(12-4-2-6-18(20)9-12)17-13-5-1-3-11(7-13)14-8-16-10-21-14/h1-10H,(H,17,19). The van der Waals surface area contributed by atoms with E-state index in [2.05, 4.69) is 10.3 Å². The fraction of sp³-hybridized carbons (Fsp3) is 0. The van der Waals surface area contributed by atoms with Gasteiger partial charge in [0.2, 0.25) is 0 Å². The molecule has 0 aliphatic rings. The molecule has 0 radical (unpaired) electrons. The van der Waals surface area contributed by atoms with Gasteiger partial charge in [0.1, 0.15) is 5.56 Å². The van der Waals surface area contributed by atoms with Crippen LogP contribution in [0, 0.1) is 5.21 Å². The van der Waals surface area contributed by atoms with Gasteiger partial charge in [0.25, 0.3) is 5.91 Å². The Kier molecular flexibility index (Phi) is 3.34. The van der Waals surface area contributed by atoms with Crippen molar-refractivity contribution in [2.24, 2.45) is 0 Å². The van der Waals surface area contributed by atoms with Gasteiger partial charge in [0.05, 0.1) is 6.20 Å². The molecule has 1 amide bonds. The molecule has 6 heteroatoms. The molecule has 0 saturated carbocycles. The zero-order valence-electron chi connectivity index (χ0n) is 10.9. The number of nitrogens with one attached hydrogen (secondary N) is 1. The zero-order valence-corrected chi connectivity index (χ0v) is 10.9. The van der Waals surface area contributed by atoms with Crippen molar-refractivity contribution >= 4 is 11.6 Å². The number of amides is 1. The summed E-state index contributed by atoms with van der Waals surface area (Å²) in [6.07, 6.45) is 5.48. The van der Waals surface area contributed by atoms with E-state index in [-0.39, 0.29) is 11.5 Å². The maximum atomic E-state index is 12.1. The summed E-state index contributed by atoms with van der Waals surface area (Å²) >= 11 is 0. The van der Waals surface area contributed by atoms with Crippen molar-refractivity contribution in [2.75, 3.05) is 5.32 Å². The largest absolute Gasteiger partial charge is 0.619 e. The molecule has 104 valence electrons. The molecule has 2 aromatic heterocycles. The van der Waals surface area contributed by atoms with E-state index in [0.29, 0.717) is 16.2 Å². The summed E-state index contributed by atoms with van der Waals surface area (Å²) in [7, 11) is 0. The van der Waals surface area contributed by atoms with E-state index in [1.807, 2.05) is 6.07 Å². The maximum absolute atomic E-state index is 12.1. The average molecular weight is 281 g/mol. The van der Waals surface area contributed by atoms with Crippen LogP contribution >= 0.6 is 0 Å². The molecule has 0 atom stereocenters. The Morgan fingerprint density at radius 1 is 1.29 bits per heavy atom. The Morgan fingerprint density at radius 2 is 2.19 bits per heavy atom. The Bertz CT molecular complexity index is 769. The van der Waals surface area contributed by atoms with Crippen LogP contribution in [-0.4, -0.2) is 10.9 Å². The Balaban J connectivity index is 1.82. The highest BCUT2D eigenvalue weighted by molar-refractivity contribution is 6.04. The SMILES string of the molecule is O=C(Nc1cccc(-c2cnco2)c1)c1ccc[n+]([O-])c1. The zero-order chi connectivity index (χ0) is 14.7. The van der Waals surface area contributed by atoms with Crippen molar-refractivity contribution in [3.05, 3.63) is 72.2 Å². The summed E-state index contributed by atoms with van der Waals surface area (Å²) in [4.78, 5) is 15.9. The van der Waals surface area contributed by atoms with Gasteiger partial charge in [0.15, 0.2) is 24.5 Å². The maximum Gasteiger partial charge on any atom is 0.261 e. The number of carbonyl (C=O) groups is 1. The number of hydrogen-bond acceptors (Lipinski definition) is 4. The van der Waals surface area contributed by atoms with E-state index in [0.717, 1.165) is 5.56 Å². The first-order valence-electron chi connectivity index (χ1n) is 6.21. The summed E-state index contributed by atoms with van der Waals surface area (Å²) in [5, 5.41) is 13.9. The molecule has 0 spiro atoms. The molecular weight excluding hydrogens is 270 g/mol. The lowest BCUT2D eigenvalue weighted by atomic mass is 10.1. The highest BCUT2D eigenvalue weighted by Crippen LogP contribution is 2.22. The molecular formula is C15H11N3O3. The smallest absolute Gasteiger partial charge is 0.261 e. The van der Waals surface area contributed by atoms with Crippen molar-refractivity contribution in [3.63, 3.8) is 0 Å².